The number of urea groups is 1. The number of pyridine rings is 1. The molecule has 4 N–H and O–H groups in total. The molecule has 0 radical (unpaired) electrons. The van der Waals surface area contributed by atoms with Gasteiger partial charge in [0.05, 0.1) is 11.3 Å². The Hall–Kier alpha value is -4.42. The van der Waals surface area contributed by atoms with E-state index in [0.29, 0.717) is 18.9 Å². The molecule has 12 heteroatoms. The van der Waals surface area contributed by atoms with Crippen LogP contribution in [0.2, 0.25) is 0 Å². The lowest BCUT2D eigenvalue weighted by Gasteiger charge is -2.33. The Morgan fingerprint density at radius 2 is 1.66 bits per heavy atom. The third-order valence-electron chi connectivity index (χ3n) is 7.11. The van der Waals surface area contributed by atoms with Gasteiger partial charge in [0.15, 0.2) is 5.82 Å². The molecule has 1 fully saturated rings. The lowest BCUT2D eigenvalue weighted by Crippen LogP contribution is -2.44. The van der Waals surface area contributed by atoms with E-state index in [2.05, 4.69) is 25.6 Å². The fraction of sp³-hybridized carbons (Fsp3) is 0.276. The summed E-state index contributed by atoms with van der Waals surface area (Å²) < 4.78 is 43.3. The predicted molar refractivity (Wildman–Crippen MR) is 153 cm³/mol. The minimum Gasteiger partial charge on any atom is -0.383 e. The van der Waals surface area contributed by atoms with Crippen molar-refractivity contribution < 1.29 is 18.0 Å². The highest BCUT2D eigenvalue weighted by Crippen LogP contribution is 2.35. The number of nitrogen functional groups attached to an aromatic ring is 1. The first-order valence-corrected chi connectivity index (χ1v) is 13.1. The maximum Gasteiger partial charge on any atom is 0.416 e. The predicted octanol–water partition coefficient (Wildman–Crippen LogP) is 5.14. The fourth-order valence-electron chi connectivity index (χ4n) is 4.86. The minimum absolute atomic E-state index is 0.0402. The van der Waals surface area contributed by atoms with Gasteiger partial charge >= 0.3 is 12.2 Å². The Morgan fingerprint density at radius 3 is 2.34 bits per heavy atom. The van der Waals surface area contributed by atoms with Crippen molar-refractivity contribution in [1.29, 1.82) is 0 Å². The van der Waals surface area contributed by atoms with Gasteiger partial charge in [-0.15, -0.1) is 0 Å². The van der Waals surface area contributed by atoms with Gasteiger partial charge in [0.25, 0.3) is 0 Å². The van der Waals surface area contributed by atoms with Crippen LogP contribution < -0.4 is 16.4 Å². The van der Waals surface area contributed by atoms with Gasteiger partial charge in [-0.3, -0.25) is 14.9 Å². The number of halogens is 3. The molecule has 0 saturated carbocycles. The second-order valence-electron chi connectivity index (χ2n) is 10.1. The Morgan fingerprint density at radius 1 is 0.951 bits per heavy atom. The summed E-state index contributed by atoms with van der Waals surface area (Å²) in [6.45, 7) is 3.21. The molecular weight excluding hydrogens is 533 g/mol. The average molecular weight is 565 g/mol. The number of hydrogen-bond acceptors (Lipinski definition) is 6. The molecule has 0 atom stereocenters. The number of hydrogen-bond donors (Lipinski definition) is 3. The molecule has 4 aromatic rings. The number of likely N-dealkylation sites (N-methyl/N-ethyl adjacent to an activating group) is 1. The van der Waals surface area contributed by atoms with Crippen LogP contribution in [0, 0.1) is 0 Å². The van der Waals surface area contributed by atoms with Crippen LogP contribution in [0.5, 0.6) is 0 Å². The summed E-state index contributed by atoms with van der Waals surface area (Å²) in [5.41, 5.74) is 8.76. The standard InChI is InChI=1S/C29H31F3N8O/c1-38-12-14-40(15-13-38)18-21-9-10-22(16-24(21)29(30,31)32)35-28(41)36-26-17-25(39(2)37-26)20-7-5-19(6-8-20)23-4-3-11-34-27(23)33/h3-11,16-17H,12-15,18H2,1-2H3,(H2,33,34)(H2,35,36,37,41). The van der Waals surface area contributed by atoms with Gasteiger partial charge in [0.2, 0.25) is 0 Å². The van der Waals surface area contributed by atoms with Crippen molar-refractivity contribution in [3.05, 3.63) is 78.0 Å². The molecule has 5 rings (SSSR count). The van der Waals surface area contributed by atoms with Gasteiger partial charge < -0.3 is 16.0 Å². The SMILES string of the molecule is CN1CCN(Cc2ccc(NC(=O)Nc3cc(-c4ccc(-c5cccnc5N)cc4)n(C)n3)cc2C(F)(F)F)CC1. The molecule has 2 aromatic carbocycles. The van der Waals surface area contributed by atoms with Crippen LogP contribution in [0.25, 0.3) is 22.4 Å². The van der Waals surface area contributed by atoms with Crippen LogP contribution in [0.4, 0.5) is 35.3 Å². The van der Waals surface area contributed by atoms with Crippen molar-refractivity contribution >= 4 is 23.4 Å². The number of nitrogens with two attached hydrogens (primary N) is 1. The molecule has 3 heterocycles. The molecule has 0 aliphatic carbocycles. The lowest BCUT2D eigenvalue weighted by molar-refractivity contribution is -0.138. The molecule has 41 heavy (non-hydrogen) atoms. The Balaban J connectivity index is 1.26. The molecular formula is C29H31F3N8O. The van der Waals surface area contributed by atoms with Gasteiger partial charge in [0, 0.05) is 63.3 Å². The Bertz CT molecular complexity index is 1530. The second kappa shape index (κ2) is 11.6. The van der Waals surface area contributed by atoms with Gasteiger partial charge in [-0.05, 0) is 48.0 Å². The molecule has 0 spiro atoms. The van der Waals surface area contributed by atoms with Crippen LogP contribution >= 0.6 is 0 Å². The van der Waals surface area contributed by atoms with E-state index >= 15 is 0 Å². The zero-order valence-corrected chi connectivity index (χ0v) is 22.7. The highest BCUT2D eigenvalue weighted by molar-refractivity contribution is 5.99. The van der Waals surface area contributed by atoms with E-state index in [0.717, 1.165) is 41.5 Å². The summed E-state index contributed by atoms with van der Waals surface area (Å²) in [5, 5.41) is 9.44. The molecule has 0 unspecified atom stereocenters. The van der Waals surface area contributed by atoms with Crippen molar-refractivity contribution in [2.24, 2.45) is 7.05 Å². The first-order valence-electron chi connectivity index (χ1n) is 13.1. The van der Waals surface area contributed by atoms with E-state index in [1.165, 1.54) is 12.1 Å². The summed E-state index contributed by atoms with van der Waals surface area (Å²) in [4.78, 5) is 21.0. The second-order valence-corrected chi connectivity index (χ2v) is 10.1. The summed E-state index contributed by atoms with van der Waals surface area (Å²) in [6.07, 6.45) is -2.92. The minimum atomic E-state index is -4.55. The quantitative estimate of drug-likeness (QED) is 0.300. The third kappa shape index (κ3) is 6.67. The van der Waals surface area contributed by atoms with E-state index in [-0.39, 0.29) is 23.6 Å². The number of benzene rings is 2. The molecule has 1 aliphatic heterocycles. The largest absolute Gasteiger partial charge is 0.416 e. The number of carbonyl (C=O) groups excluding carboxylic acids is 1. The molecule has 2 amide bonds. The maximum atomic E-state index is 13.9. The van der Waals surface area contributed by atoms with E-state index in [4.69, 9.17) is 5.73 Å². The van der Waals surface area contributed by atoms with Crippen molar-refractivity contribution in [1.82, 2.24) is 24.6 Å². The number of rotatable bonds is 6. The highest BCUT2D eigenvalue weighted by Gasteiger charge is 2.34. The number of nitrogens with zero attached hydrogens (tertiary/aromatic N) is 5. The zero-order chi connectivity index (χ0) is 29.1. The van der Waals surface area contributed by atoms with Crippen LogP contribution in [0.1, 0.15) is 11.1 Å². The highest BCUT2D eigenvalue weighted by atomic mass is 19.4. The summed E-state index contributed by atoms with van der Waals surface area (Å²) in [6, 6.07) is 16.2. The number of anilines is 3. The molecule has 0 bridgehead atoms. The van der Waals surface area contributed by atoms with Crippen molar-refractivity contribution in [2.75, 3.05) is 49.6 Å². The van der Waals surface area contributed by atoms with E-state index in [9.17, 15) is 18.0 Å². The van der Waals surface area contributed by atoms with Crippen LogP contribution in [-0.2, 0) is 19.8 Å². The Labute approximate surface area is 235 Å². The number of aromatic nitrogens is 3. The van der Waals surface area contributed by atoms with Gasteiger partial charge in [-0.25, -0.2) is 9.78 Å². The normalized spacial score (nSPS) is 14.7. The molecule has 2 aromatic heterocycles. The average Bonchev–Trinajstić information content (AvgIpc) is 3.30. The third-order valence-corrected chi connectivity index (χ3v) is 7.11. The lowest BCUT2D eigenvalue weighted by atomic mass is 10.0. The molecule has 9 nitrogen and oxygen atoms in total. The number of aryl methyl sites for hydroxylation is 1. The zero-order valence-electron chi connectivity index (χ0n) is 22.7. The van der Waals surface area contributed by atoms with Crippen LogP contribution in [0.3, 0.4) is 0 Å². The first kappa shape index (κ1) is 28.1. The Kier molecular flexibility index (Phi) is 7.95. The number of alkyl halides is 3. The summed E-state index contributed by atoms with van der Waals surface area (Å²) in [5.74, 6) is 0.689. The number of amides is 2. The fourth-order valence-corrected chi connectivity index (χ4v) is 4.86. The molecule has 1 aliphatic rings. The smallest absolute Gasteiger partial charge is 0.383 e. The topological polar surface area (TPSA) is 104 Å². The van der Waals surface area contributed by atoms with Gasteiger partial charge in [-0.2, -0.15) is 18.3 Å². The van der Waals surface area contributed by atoms with E-state index < -0.39 is 17.8 Å². The van der Waals surface area contributed by atoms with Gasteiger partial charge in [-0.1, -0.05) is 30.3 Å². The maximum absolute atomic E-state index is 13.9. The van der Waals surface area contributed by atoms with Crippen molar-refractivity contribution in [3.63, 3.8) is 0 Å². The van der Waals surface area contributed by atoms with Crippen LogP contribution in [-0.4, -0.2) is 63.8 Å². The van der Waals surface area contributed by atoms with Crippen molar-refractivity contribution in [3.8, 4) is 22.4 Å². The van der Waals surface area contributed by atoms with Gasteiger partial charge in [0.1, 0.15) is 5.82 Å². The molecule has 1 saturated heterocycles. The van der Waals surface area contributed by atoms with E-state index in [1.54, 1.807) is 24.0 Å². The summed E-state index contributed by atoms with van der Waals surface area (Å²) in [7, 11) is 3.73. The number of nitrogens with one attached hydrogen (secondary N) is 2. The number of carbonyl (C=O) groups is 1. The van der Waals surface area contributed by atoms with Crippen molar-refractivity contribution in [2.45, 2.75) is 12.7 Å². The molecule has 214 valence electrons. The first-order chi connectivity index (χ1) is 19.6. The number of piperazine rings is 1. The summed E-state index contributed by atoms with van der Waals surface area (Å²) >= 11 is 0. The monoisotopic (exact) mass is 564 g/mol. The van der Waals surface area contributed by atoms with E-state index in [1.807, 2.05) is 48.3 Å². The van der Waals surface area contributed by atoms with Crippen LogP contribution in [0.15, 0.2) is 66.9 Å².